The minimum atomic E-state index is 0.823. The highest BCUT2D eigenvalue weighted by Gasteiger charge is 2.14. The van der Waals surface area contributed by atoms with Crippen LogP contribution >= 0.6 is 24.0 Å². The largest absolute Gasteiger partial charge is 0.297 e. The fraction of sp³-hybridized carbons (Fsp3) is 0.700. The van der Waals surface area contributed by atoms with Crippen molar-refractivity contribution >= 4 is 24.0 Å². The van der Waals surface area contributed by atoms with Crippen LogP contribution in [0.1, 0.15) is 28.4 Å². The Balaban J connectivity index is 2.01. The summed E-state index contributed by atoms with van der Waals surface area (Å²) in [4.78, 5) is 8.38. The van der Waals surface area contributed by atoms with E-state index in [4.69, 9.17) is 0 Å². The van der Waals surface area contributed by atoms with Gasteiger partial charge in [0.15, 0.2) is 0 Å². The summed E-state index contributed by atoms with van der Waals surface area (Å²) in [6, 6.07) is 0. The van der Waals surface area contributed by atoms with E-state index in [1.54, 1.807) is 0 Å². The van der Waals surface area contributed by atoms with E-state index in [0.29, 0.717) is 0 Å². The molecule has 0 radical (unpaired) electrons. The molecule has 0 N–H and O–H groups in total. The van der Waals surface area contributed by atoms with Crippen molar-refractivity contribution in [2.75, 3.05) is 13.1 Å². The first-order valence-corrected chi connectivity index (χ1v) is 6.53. The van der Waals surface area contributed by atoms with Crippen LogP contribution in [-0.2, 0) is 12.3 Å². The first kappa shape index (κ1) is 10.5. The Morgan fingerprint density at radius 3 is 2.71 bits per heavy atom. The van der Waals surface area contributed by atoms with Crippen LogP contribution < -0.4 is 0 Å². The van der Waals surface area contributed by atoms with Crippen molar-refractivity contribution in [1.82, 2.24) is 9.88 Å². The molecule has 0 saturated carbocycles. The molecule has 0 amide bonds. The van der Waals surface area contributed by atoms with Crippen LogP contribution in [0.4, 0.5) is 0 Å². The molecule has 0 aromatic carbocycles. The summed E-state index contributed by atoms with van der Waals surface area (Å²) in [7, 11) is 0. The SMILES string of the molecule is Cc1nc(CN2CCCC2)sc1CS. The summed E-state index contributed by atoms with van der Waals surface area (Å²) in [5.41, 5.74) is 1.17. The van der Waals surface area contributed by atoms with Gasteiger partial charge in [-0.2, -0.15) is 12.6 Å². The van der Waals surface area contributed by atoms with Crippen molar-refractivity contribution in [1.29, 1.82) is 0 Å². The molecule has 2 nitrogen and oxygen atoms in total. The van der Waals surface area contributed by atoms with Crippen molar-refractivity contribution in [2.45, 2.75) is 32.1 Å². The minimum absolute atomic E-state index is 0.823. The van der Waals surface area contributed by atoms with E-state index < -0.39 is 0 Å². The predicted octanol–water partition coefficient (Wildman–Crippen LogP) is 2.48. The third kappa shape index (κ3) is 2.30. The zero-order chi connectivity index (χ0) is 9.97. The number of aromatic nitrogens is 1. The number of likely N-dealkylation sites (tertiary alicyclic amines) is 1. The number of nitrogens with zero attached hydrogens (tertiary/aromatic N) is 2. The molecule has 4 heteroatoms. The number of thiazole rings is 1. The highest BCUT2D eigenvalue weighted by atomic mass is 32.1. The van der Waals surface area contributed by atoms with Gasteiger partial charge in [0, 0.05) is 10.6 Å². The van der Waals surface area contributed by atoms with E-state index in [9.17, 15) is 0 Å². The molecule has 0 bridgehead atoms. The molecule has 1 aliphatic rings. The number of aryl methyl sites for hydroxylation is 1. The Hall–Kier alpha value is -0.0600. The highest BCUT2D eigenvalue weighted by molar-refractivity contribution is 7.79. The summed E-state index contributed by atoms with van der Waals surface area (Å²) in [5.74, 6) is 0.823. The summed E-state index contributed by atoms with van der Waals surface area (Å²) < 4.78 is 0. The summed E-state index contributed by atoms with van der Waals surface area (Å²) in [5, 5.41) is 1.26. The van der Waals surface area contributed by atoms with E-state index in [0.717, 1.165) is 12.3 Å². The van der Waals surface area contributed by atoms with Gasteiger partial charge in [0.05, 0.1) is 12.2 Å². The highest BCUT2D eigenvalue weighted by Crippen LogP contribution is 2.22. The second-order valence-electron chi connectivity index (χ2n) is 3.76. The lowest BCUT2D eigenvalue weighted by molar-refractivity contribution is 0.330. The first-order valence-electron chi connectivity index (χ1n) is 5.08. The Morgan fingerprint density at radius 2 is 2.14 bits per heavy atom. The van der Waals surface area contributed by atoms with Gasteiger partial charge >= 0.3 is 0 Å². The van der Waals surface area contributed by atoms with Crippen LogP contribution in [0.2, 0.25) is 0 Å². The lowest BCUT2D eigenvalue weighted by Crippen LogP contribution is -2.18. The van der Waals surface area contributed by atoms with Gasteiger partial charge in [-0.05, 0) is 32.9 Å². The standard InChI is InChI=1S/C10H16N2S2/c1-8-9(7-13)14-10(11-8)6-12-4-2-3-5-12/h13H,2-7H2,1H3. The van der Waals surface area contributed by atoms with Gasteiger partial charge < -0.3 is 0 Å². The number of hydrogen-bond acceptors (Lipinski definition) is 4. The van der Waals surface area contributed by atoms with Crippen molar-refractivity contribution < 1.29 is 0 Å². The summed E-state index contributed by atoms with van der Waals surface area (Å²) >= 11 is 6.12. The lowest BCUT2D eigenvalue weighted by Gasteiger charge is -2.11. The lowest BCUT2D eigenvalue weighted by atomic mass is 10.4. The van der Waals surface area contributed by atoms with E-state index in [1.165, 1.54) is 41.5 Å². The maximum absolute atomic E-state index is 4.57. The van der Waals surface area contributed by atoms with Crippen molar-refractivity contribution in [3.05, 3.63) is 15.6 Å². The zero-order valence-corrected chi connectivity index (χ0v) is 10.2. The predicted molar refractivity (Wildman–Crippen MR) is 64.1 cm³/mol. The minimum Gasteiger partial charge on any atom is -0.297 e. The van der Waals surface area contributed by atoms with Gasteiger partial charge in [-0.1, -0.05) is 0 Å². The van der Waals surface area contributed by atoms with Crippen LogP contribution in [0.3, 0.4) is 0 Å². The normalized spacial score (nSPS) is 17.9. The average molecular weight is 228 g/mol. The Labute approximate surface area is 94.8 Å². The third-order valence-electron chi connectivity index (χ3n) is 2.64. The van der Waals surface area contributed by atoms with E-state index >= 15 is 0 Å². The molecule has 2 heterocycles. The van der Waals surface area contributed by atoms with Crippen LogP contribution in [0, 0.1) is 6.92 Å². The maximum atomic E-state index is 4.57. The Kier molecular flexibility index (Phi) is 3.47. The first-order chi connectivity index (χ1) is 6.79. The van der Waals surface area contributed by atoms with Gasteiger partial charge in [-0.3, -0.25) is 4.90 Å². The molecule has 1 aromatic heterocycles. The van der Waals surface area contributed by atoms with E-state index in [2.05, 4.69) is 29.4 Å². The molecule has 0 atom stereocenters. The second-order valence-corrected chi connectivity index (χ2v) is 5.24. The molecular weight excluding hydrogens is 212 g/mol. The molecule has 1 fully saturated rings. The topological polar surface area (TPSA) is 16.1 Å². The van der Waals surface area contributed by atoms with Crippen LogP contribution in [0.25, 0.3) is 0 Å². The van der Waals surface area contributed by atoms with Gasteiger partial charge in [-0.15, -0.1) is 11.3 Å². The molecule has 1 aromatic rings. The van der Waals surface area contributed by atoms with Crippen molar-refractivity contribution in [2.24, 2.45) is 0 Å². The van der Waals surface area contributed by atoms with E-state index in [1.807, 2.05) is 11.3 Å². The third-order valence-corrected chi connectivity index (χ3v) is 4.31. The second kappa shape index (κ2) is 4.64. The zero-order valence-electron chi connectivity index (χ0n) is 8.49. The molecule has 14 heavy (non-hydrogen) atoms. The van der Waals surface area contributed by atoms with Gasteiger partial charge in [0.1, 0.15) is 5.01 Å². The quantitative estimate of drug-likeness (QED) is 0.800. The Bertz CT molecular complexity index is 303. The van der Waals surface area contributed by atoms with E-state index in [-0.39, 0.29) is 0 Å². The number of rotatable bonds is 3. The Morgan fingerprint density at radius 1 is 1.43 bits per heavy atom. The monoisotopic (exact) mass is 228 g/mol. The molecule has 0 aliphatic carbocycles. The maximum Gasteiger partial charge on any atom is 0.107 e. The molecule has 0 unspecified atom stereocenters. The van der Waals surface area contributed by atoms with Gasteiger partial charge in [-0.25, -0.2) is 4.98 Å². The molecule has 1 aliphatic heterocycles. The van der Waals surface area contributed by atoms with Crippen LogP contribution in [-0.4, -0.2) is 23.0 Å². The van der Waals surface area contributed by atoms with Gasteiger partial charge in [0.25, 0.3) is 0 Å². The van der Waals surface area contributed by atoms with Crippen molar-refractivity contribution in [3.63, 3.8) is 0 Å². The van der Waals surface area contributed by atoms with Crippen molar-refractivity contribution in [3.8, 4) is 0 Å². The molecule has 0 spiro atoms. The molecule has 1 saturated heterocycles. The molecule has 2 rings (SSSR count). The number of hydrogen-bond donors (Lipinski definition) is 1. The molecule has 78 valence electrons. The van der Waals surface area contributed by atoms with Gasteiger partial charge in [0.2, 0.25) is 0 Å². The number of thiol groups is 1. The van der Waals surface area contributed by atoms with Crippen LogP contribution in [0.15, 0.2) is 0 Å². The summed E-state index contributed by atoms with van der Waals surface area (Å²) in [6.07, 6.45) is 2.70. The van der Waals surface area contributed by atoms with Crippen LogP contribution in [0.5, 0.6) is 0 Å². The average Bonchev–Trinajstić information content (AvgIpc) is 2.76. The molecular formula is C10H16N2S2. The smallest absolute Gasteiger partial charge is 0.107 e. The fourth-order valence-electron chi connectivity index (χ4n) is 1.83. The fourth-order valence-corrected chi connectivity index (χ4v) is 3.23. The summed E-state index contributed by atoms with van der Waals surface area (Å²) in [6.45, 7) is 5.61.